The Morgan fingerprint density at radius 1 is 0.857 bits per heavy atom. The van der Waals surface area contributed by atoms with Gasteiger partial charge in [0, 0.05) is 12.8 Å². The van der Waals surface area contributed by atoms with Gasteiger partial charge in [-0.3, -0.25) is 4.79 Å². The van der Waals surface area contributed by atoms with Crippen LogP contribution >= 0.6 is 0 Å². The van der Waals surface area contributed by atoms with Gasteiger partial charge < -0.3 is 0 Å². The predicted octanol–water partition coefficient (Wildman–Crippen LogP) is 4.73. The van der Waals surface area contributed by atoms with Gasteiger partial charge in [-0.2, -0.15) is 0 Å². The Labute approximate surface area is 128 Å². The van der Waals surface area contributed by atoms with Gasteiger partial charge in [0.05, 0.1) is 0 Å². The van der Waals surface area contributed by atoms with Gasteiger partial charge in [-0.15, -0.1) is 0 Å². The summed E-state index contributed by atoms with van der Waals surface area (Å²) in [5.74, 6) is 0.308. The summed E-state index contributed by atoms with van der Waals surface area (Å²) in [5.41, 5.74) is 3.81. The minimum absolute atomic E-state index is 0.163. The molecule has 0 aliphatic heterocycles. The first kappa shape index (κ1) is 15.5. The molecule has 0 amide bonds. The van der Waals surface area contributed by atoms with E-state index in [1.165, 1.54) is 11.1 Å². The minimum Gasteiger partial charge on any atom is -0.299 e. The molecule has 0 unspecified atom stereocenters. The van der Waals surface area contributed by atoms with Crippen LogP contribution in [0.2, 0.25) is 0 Å². The summed E-state index contributed by atoms with van der Waals surface area (Å²) in [7, 11) is 0. The Bertz CT molecular complexity index is 573. The minimum atomic E-state index is 0.163. The number of aryl methyl sites for hydroxylation is 1. The highest BCUT2D eigenvalue weighted by Gasteiger charge is 2.13. The first-order valence-corrected chi connectivity index (χ1v) is 7.60. The molecule has 0 bridgehead atoms. The molecule has 1 nitrogen and oxygen atoms in total. The lowest BCUT2D eigenvalue weighted by atomic mass is 9.86. The lowest BCUT2D eigenvalue weighted by Crippen LogP contribution is -2.11. The number of carbonyl (C=O) groups excluding carboxylic acids is 1. The average molecular weight is 280 g/mol. The van der Waals surface area contributed by atoms with Gasteiger partial charge in [0.1, 0.15) is 5.78 Å². The van der Waals surface area contributed by atoms with E-state index in [0.717, 1.165) is 12.0 Å². The van der Waals surface area contributed by atoms with E-state index in [2.05, 4.69) is 57.2 Å². The van der Waals surface area contributed by atoms with Crippen LogP contribution in [0.5, 0.6) is 0 Å². The Morgan fingerprint density at radius 3 is 2.05 bits per heavy atom. The van der Waals surface area contributed by atoms with Crippen LogP contribution in [0.1, 0.15) is 43.9 Å². The fraction of sp³-hybridized carbons (Fsp3) is 0.350. The number of hydrogen-bond acceptors (Lipinski definition) is 1. The van der Waals surface area contributed by atoms with Crippen LogP contribution in [-0.2, 0) is 23.1 Å². The van der Waals surface area contributed by atoms with Gasteiger partial charge in [-0.1, -0.05) is 75.4 Å². The van der Waals surface area contributed by atoms with Crippen molar-refractivity contribution < 1.29 is 4.79 Å². The maximum absolute atomic E-state index is 12.1. The Kier molecular flexibility index (Phi) is 4.95. The van der Waals surface area contributed by atoms with Crippen LogP contribution in [0, 0.1) is 0 Å². The van der Waals surface area contributed by atoms with Gasteiger partial charge >= 0.3 is 0 Å². The predicted molar refractivity (Wildman–Crippen MR) is 88.6 cm³/mol. The molecule has 0 radical (unpaired) electrons. The number of rotatable bonds is 5. The van der Waals surface area contributed by atoms with Crippen LogP contribution < -0.4 is 0 Å². The highest BCUT2D eigenvalue weighted by molar-refractivity contribution is 5.81. The molecule has 21 heavy (non-hydrogen) atoms. The number of carbonyl (C=O) groups is 1. The van der Waals surface area contributed by atoms with Gasteiger partial charge in [0.2, 0.25) is 0 Å². The zero-order valence-electron chi connectivity index (χ0n) is 13.2. The highest BCUT2D eigenvalue weighted by Crippen LogP contribution is 2.22. The zero-order valence-corrected chi connectivity index (χ0v) is 13.2. The third-order valence-corrected chi connectivity index (χ3v) is 3.76. The van der Waals surface area contributed by atoms with E-state index in [9.17, 15) is 4.79 Å². The molecule has 0 spiro atoms. The fourth-order valence-electron chi connectivity index (χ4n) is 2.37. The fourth-order valence-corrected chi connectivity index (χ4v) is 2.37. The molecule has 2 aromatic carbocycles. The monoisotopic (exact) mass is 280 g/mol. The number of benzene rings is 2. The number of hydrogen-bond donors (Lipinski definition) is 0. The van der Waals surface area contributed by atoms with Crippen molar-refractivity contribution in [3.8, 4) is 0 Å². The van der Waals surface area contributed by atoms with Crippen molar-refractivity contribution in [2.75, 3.05) is 0 Å². The van der Waals surface area contributed by atoms with E-state index in [1.54, 1.807) is 0 Å². The van der Waals surface area contributed by atoms with E-state index >= 15 is 0 Å². The molecule has 0 aliphatic carbocycles. The van der Waals surface area contributed by atoms with Crippen molar-refractivity contribution in [2.45, 2.75) is 45.4 Å². The first-order chi connectivity index (χ1) is 9.95. The molecular formula is C20H24O. The van der Waals surface area contributed by atoms with E-state index in [0.29, 0.717) is 18.6 Å². The smallest absolute Gasteiger partial charge is 0.137 e. The Hall–Kier alpha value is -1.89. The molecular weight excluding hydrogens is 256 g/mol. The molecule has 0 fully saturated rings. The number of Topliss-reactive ketones (excluding diaryl/α,β-unsaturated/α-hetero) is 1. The van der Waals surface area contributed by atoms with Gasteiger partial charge in [-0.25, -0.2) is 0 Å². The van der Waals surface area contributed by atoms with Gasteiger partial charge in [0.15, 0.2) is 0 Å². The molecule has 2 rings (SSSR count). The van der Waals surface area contributed by atoms with Crippen LogP contribution in [0.15, 0.2) is 54.6 Å². The van der Waals surface area contributed by atoms with Crippen LogP contribution in [0.4, 0.5) is 0 Å². The largest absolute Gasteiger partial charge is 0.299 e. The maximum Gasteiger partial charge on any atom is 0.137 e. The van der Waals surface area contributed by atoms with Crippen LogP contribution in [0.3, 0.4) is 0 Å². The van der Waals surface area contributed by atoms with Crippen molar-refractivity contribution in [2.24, 2.45) is 0 Å². The summed E-state index contributed by atoms with van der Waals surface area (Å²) in [6.45, 7) is 6.60. The third-order valence-electron chi connectivity index (χ3n) is 3.76. The summed E-state index contributed by atoms with van der Waals surface area (Å²) < 4.78 is 0. The Morgan fingerprint density at radius 2 is 1.48 bits per heavy atom. The van der Waals surface area contributed by atoms with Crippen molar-refractivity contribution in [1.82, 2.24) is 0 Å². The highest BCUT2D eigenvalue weighted by atomic mass is 16.1. The van der Waals surface area contributed by atoms with Gasteiger partial charge in [-0.05, 0) is 28.5 Å². The van der Waals surface area contributed by atoms with Crippen molar-refractivity contribution in [3.63, 3.8) is 0 Å². The van der Waals surface area contributed by atoms with Gasteiger partial charge in [0.25, 0.3) is 0 Å². The summed E-state index contributed by atoms with van der Waals surface area (Å²) in [6.07, 6.45) is 1.99. The van der Waals surface area contributed by atoms with Crippen LogP contribution in [-0.4, -0.2) is 5.78 Å². The topological polar surface area (TPSA) is 17.1 Å². The molecule has 0 atom stereocenters. The van der Waals surface area contributed by atoms with E-state index in [-0.39, 0.29) is 5.41 Å². The van der Waals surface area contributed by atoms with E-state index < -0.39 is 0 Å². The maximum atomic E-state index is 12.1. The summed E-state index contributed by atoms with van der Waals surface area (Å²) >= 11 is 0. The normalized spacial score (nSPS) is 11.4. The SMILES string of the molecule is CC(C)(C)c1ccc(CC(=O)CCc2ccccc2)cc1. The average Bonchev–Trinajstić information content (AvgIpc) is 2.46. The lowest BCUT2D eigenvalue weighted by Gasteiger charge is -2.19. The van der Waals surface area contributed by atoms with Crippen LogP contribution in [0.25, 0.3) is 0 Å². The molecule has 0 aromatic heterocycles. The summed E-state index contributed by atoms with van der Waals surface area (Å²) in [5, 5.41) is 0. The molecule has 0 N–H and O–H groups in total. The molecule has 2 aromatic rings. The molecule has 0 aliphatic rings. The lowest BCUT2D eigenvalue weighted by molar-refractivity contribution is -0.118. The molecule has 0 saturated heterocycles. The number of ketones is 1. The summed E-state index contributed by atoms with van der Waals surface area (Å²) in [4.78, 5) is 12.1. The quantitative estimate of drug-likeness (QED) is 0.774. The van der Waals surface area contributed by atoms with Crippen molar-refractivity contribution in [3.05, 3.63) is 71.3 Å². The second-order valence-corrected chi connectivity index (χ2v) is 6.65. The standard InChI is InChI=1S/C20H24O/c1-20(2,3)18-12-9-17(10-13-18)15-19(21)14-11-16-7-5-4-6-8-16/h4-10,12-13H,11,14-15H2,1-3H3. The Balaban J connectivity index is 1.88. The molecule has 0 heterocycles. The molecule has 1 heteroatoms. The van der Waals surface area contributed by atoms with Crippen molar-refractivity contribution >= 4 is 5.78 Å². The van der Waals surface area contributed by atoms with E-state index in [4.69, 9.17) is 0 Å². The summed E-state index contributed by atoms with van der Waals surface area (Å²) in [6, 6.07) is 18.6. The second-order valence-electron chi connectivity index (χ2n) is 6.65. The third kappa shape index (κ3) is 4.86. The zero-order chi connectivity index (χ0) is 15.3. The molecule has 0 saturated carbocycles. The molecule has 110 valence electrons. The first-order valence-electron chi connectivity index (χ1n) is 7.60. The second kappa shape index (κ2) is 6.71. The van der Waals surface area contributed by atoms with Crippen molar-refractivity contribution in [1.29, 1.82) is 0 Å². The van der Waals surface area contributed by atoms with E-state index in [1.807, 2.05) is 18.2 Å².